The summed E-state index contributed by atoms with van der Waals surface area (Å²) in [5, 5.41) is 2.08. The maximum absolute atomic E-state index is 5.84. The fourth-order valence-electron chi connectivity index (χ4n) is 2.21. The van der Waals surface area contributed by atoms with Gasteiger partial charge in [-0.3, -0.25) is 4.98 Å². The lowest BCUT2D eigenvalue weighted by Crippen LogP contribution is -2.38. The van der Waals surface area contributed by atoms with Crippen LogP contribution in [0, 0.1) is 0 Å². The Hall–Kier alpha value is -1.66. The predicted molar refractivity (Wildman–Crippen MR) is 78.4 cm³/mol. The molecule has 0 saturated carbocycles. The molecule has 1 saturated heterocycles. The van der Waals surface area contributed by atoms with Gasteiger partial charge in [0.05, 0.1) is 32.2 Å². The molecule has 0 N–H and O–H groups in total. The molecule has 3 rings (SSSR count). The van der Waals surface area contributed by atoms with Crippen LogP contribution >= 0.6 is 11.3 Å². The van der Waals surface area contributed by atoms with Gasteiger partial charge in [-0.2, -0.15) is 4.98 Å². The third kappa shape index (κ3) is 2.91. The Bertz CT molecular complexity index is 547. The van der Waals surface area contributed by atoms with E-state index in [2.05, 4.69) is 32.4 Å². The van der Waals surface area contributed by atoms with Gasteiger partial charge in [-0.05, 0) is 18.4 Å². The molecule has 5 nitrogen and oxygen atoms in total. The first-order valence-corrected chi connectivity index (χ1v) is 7.59. The molecule has 1 atom stereocenters. The van der Waals surface area contributed by atoms with Crippen molar-refractivity contribution in [3.8, 4) is 5.88 Å². The largest absolute Gasteiger partial charge is 0.477 e. The van der Waals surface area contributed by atoms with Gasteiger partial charge in [-0.25, -0.2) is 0 Å². The number of anilines is 1. The zero-order chi connectivity index (χ0) is 13.8. The minimum atomic E-state index is 0.112. The fourth-order valence-corrected chi connectivity index (χ4v) is 2.98. The van der Waals surface area contributed by atoms with Crippen molar-refractivity contribution in [1.29, 1.82) is 0 Å². The van der Waals surface area contributed by atoms with Crippen molar-refractivity contribution in [3.05, 3.63) is 34.8 Å². The zero-order valence-electron chi connectivity index (χ0n) is 11.4. The molecule has 0 spiro atoms. The molecule has 0 aliphatic carbocycles. The smallest absolute Gasteiger partial charge is 0.234 e. The fraction of sp³-hybridized carbons (Fsp3) is 0.429. The van der Waals surface area contributed by atoms with Crippen LogP contribution in [0.25, 0.3) is 0 Å². The summed E-state index contributed by atoms with van der Waals surface area (Å²) < 4.78 is 11.2. The maximum atomic E-state index is 5.84. The molecule has 0 aromatic carbocycles. The standard InChI is InChI=1S/C14H17N3O2S/c1-2-18-14-9-15-8-13(16-14)17-5-6-19-11(10-17)12-4-3-7-20-12/h3-4,7-9,11H,2,5-6,10H2,1H3. The van der Waals surface area contributed by atoms with E-state index in [0.29, 0.717) is 19.1 Å². The van der Waals surface area contributed by atoms with E-state index in [9.17, 15) is 0 Å². The number of rotatable bonds is 4. The summed E-state index contributed by atoms with van der Waals surface area (Å²) in [5.74, 6) is 1.42. The number of nitrogens with zero attached hydrogens (tertiary/aromatic N) is 3. The Morgan fingerprint density at radius 1 is 1.50 bits per heavy atom. The summed E-state index contributed by atoms with van der Waals surface area (Å²) in [6, 6.07) is 4.17. The summed E-state index contributed by atoms with van der Waals surface area (Å²) in [7, 11) is 0. The van der Waals surface area contributed by atoms with Crippen molar-refractivity contribution >= 4 is 17.2 Å². The van der Waals surface area contributed by atoms with Gasteiger partial charge in [-0.15, -0.1) is 11.3 Å². The van der Waals surface area contributed by atoms with E-state index < -0.39 is 0 Å². The average molecular weight is 291 g/mol. The normalized spacial score (nSPS) is 19.1. The quantitative estimate of drug-likeness (QED) is 0.866. The predicted octanol–water partition coefficient (Wildman–Crippen LogP) is 2.51. The molecule has 0 bridgehead atoms. The number of hydrogen-bond donors (Lipinski definition) is 0. The highest BCUT2D eigenvalue weighted by atomic mass is 32.1. The average Bonchev–Trinajstić information content (AvgIpc) is 3.02. The van der Waals surface area contributed by atoms with Crippen LogP contribution in [0.5, 0.6) is 5.88 Å². The van der Waals surface area contributed by atoms with E-state index in [0.717, 1.165) is 18.9 Å². The lowest BCUT2D eigenvalue weighted by Gasteiger charge is -2.33. The zero-order valence-corrected chi connectivity index (χ0v) is 12.2. The van der Waals surface area contributed by atoms with Gasteiger partial charge in [0.1, 0.15) is 6.10 Å². The van der Waals surface area contributed by atoms with Crippen LogP contribution in [-0.4, -0.2) is 36.3 Å². The van der Waals surface area contributed by atoms with Crippen LogP contribution in [0.2, 0.25) is 0 Å². The van der Waals surface area contributed by atoms with Crippen molar-refractivity contribution in [2.24, 2.45) is 0 Å². The molecule has 1 unspecified atom stereocenters. The molecule has 1 aliphatic rings. The molecule has 106 valence electrons. The second-order valence-electron chi connectivity index (χ2n) is 4.47. The monoisotopic (exact) mass is 291 g/mol. The van der Waals surface area contributed by atoms with Crippen molar-refractivity contribution < 1.29 is 9.47 Å². The second kappa shape index (κ2) is 6.19. The Labute approximate surface area is 122 Å². The third-order valence-corrected chi connectivity index (χ3v) is 4.11. The second-order valence-corrected chi connectivity index (χ2v) is 5.45. The van der Waals surface area contributed by atoms with Crippen LogP contribution < -0.4 is 9.64 Å². The molecule has 2 aromatic rings. The lowest BCUT2D eigenvalue weighted by atomic mass is 10.2. The molecule has 20 heavy (non-hydrogen) atoms. The topological polar surface area (TPSA) is 47.5 Å². The van der Waals surface area contributed by atoms with E-state index in [1.165, 1.54) is 4.88 Å². The summed E-state index contributed by atoms with van der Waals surface area (Å²) in [4.78, 5) is 12.1. The molecule has 1 fully saturated rings. The Kier molecular flexibility index (Phi) is 4.13. The third-order valence-electron chi connectivity index (χ3n) is 3.14. The highest BCUT2D eigenvalue weighted by Crippen LogP contribution is 2.28. The molecule has 2 aromatic heterocycles. The van der Waals surface area contributed by atoms with Gasteiger partial charge in [-0.1, -0.05) is 6.07 Å². The minimum absolute atomic E-state index is 0.112. The number of thiophene rings is 1. The first kappa shape index (κ1) is 13.3. The first-order chi connectivity index (χ1) is 9.86. The molecule has 1 aliphatic heterocycles. The number of morpholine rings is 1. The molecule has 6 heteroatoms. The maximum Gasteiger partial charge on any atom is 0.234 e. The minimum Gasteiger partial charge on any atom is -0.477 e. The van der Waals surface area contributed by atoms with Crippen LogP contribution in [0.3, 0.4) is 0 Å². The summed E-state index contributed by atoms with van der Waals surface area (Å²) >= 11 is 1.73. The van der Waals surface area contributed by atoms with Gasteiger partial charge in [0.25, 0.3) is 0 Å². The number of ether oxygens (including phenoxy) is 2. The van der Waals surface area contributed by atoms with Crippen molar-refractivity contribution in [2.75, 3.05) is 31.2 Å². The number of hydrogen-bond acceptors (Lipinski definition) is 6. The molecule has 0 amide bonds. The molecular weight excluding hydrogens is 274 g/mol. The molecule has 3 heterocycles. The SMILES string of the molecule is CCOc1cncc(N2CCOC(c3cccs3)C2)n1. The van der Waals surface area contributed by atoms with Crippen molar-refractivity contribution in [1.82, 2.24) is 9.97 Å². The lowest BCUT2D eigenvalue weighted by molar-refractivity contribution is 0.0418. The van der Waals surface area contributed by atoms with Crippen LogP contribution in [0.4, 0.5) is 5.82 Å². The van der Waals surface area contributed by atoms with E-state index in [1.54, 1.807) is 23.7 Å². The van der Waals surface area contributed by atoms with Gasteiger partial charge in [0, 0.05) is 11.4 Å². The Balaban J connectivity index is 1.74. The van der Waals surface area contributed by atoms with Gasteiger partial charge < -0.3 is 14.4 Å². The van der Waals surface area contributed by atoms with Gasteiger partial charge in [0.15, 0.2) is 5.82 Å². The van der Waals surface area contributed by atoms with E-state index in [4.69, 9.17) is 9.47 Å². The molecule has 0 radical (unpaired) electrons. The summed E-state index contributed by atoms with van der Waals surface area (Å²) in [6.07, 6.45) is 3.53. The van der Waals surface area contributed by atoms with E-state index in [1.807, 2.05) is 6.92 Å². The molecular formula is C14H17N3O2S. The van der Waals surface area contributed by atoms with Crippen molar-refractivity contribution in [2.45, 2.75) is 13.0 Å². The van der Waals surface area contributed by atoms with Crippen LogP contribution in [-0.2, 0) is 4.74 Å². The van der Waals surface area contributed by atoms with Crippen LogP contribution in [0.15, 0.2) is 29.9 Å². The first-order valence-electron chi connectivity index (χ1n) is 6.71. The Morgan fingerprint density at radius 3 is 3.25 bits per heavy atom. The van der Waals surface area contributed by atoms with E-state index >= 15 is 0 Å². The summed E-state index contributed by atoms with van der Waals surface area (Å²) in [6.45, 7) is 4.86. The Morgan fingerprint density at radius 2 is 2.45 bits per heavy atom. The summed E-state index contributed by atoms with van der Waals surface area (Å²) in [5.41, 5.74) is 0. The van der Waals surface area contributed by atoms with Crippen molar-refractivity contribution in [3.63, 3.8) is 0 Å². The highest BCUT2D eigenvalue weighted by Gasteiger charge is 2.24. The van der Waals surface area contributed by atoms with Crippen LogP contribution in [0.1, 0.15) is 17.9 Å². The van der Waals surface area contributed by atoms with Gasteiger partial charge >= 0.3 is 0 Å². The van der Waals surface area contributed by atoms with Gasteiger partial charge in [0.2, 0.25) is 5.88 Å². The van der Waals surface area contributed by atoms with E-state index in [-0.39, 0.29) is 6.10 Å². The highest BCUT2D eigenvalue weighted by molar-refractivity contribution is 7.10. The number of aromatic nitrogens is 2.